The Labute approximate surface area is 122 Å². The zero-order valence-electron chi connectivity index (χ0n) is 9.50. The molecule has 0 aliphatic rings. The van der Waals surface area contributed by atoms with E-state index >= 15 is 0 Å². The minimum Gasteiger partial charge on any atom is -0.489 e. The molecule has 0 radical (unpaired) electrons. The van der Waals surface area contributed by atoms with Crippen molar-refractivity contribution in [3.05, 3.63) is 63.9 Å². The molecule has 2 rings (SSSR count). The largest absolute Gasteiger partial charge is 0.489 e. The highest BCUT2D eigenvalue weighted by Gasteiger charge is 2.01. The number of hydrogen-bond donors (Lipinski definition) is 0. The van der Waals surface area contributed by atoms with Gasteiger partial charge in [0.15, 0.2) is 0 Å². The van der Waals surface area contributed by atoms with Gasteiger partial charge in [0.05, 0.1) is 4.47 Å². The zero-order valence-corrected chi connectivity index (χ0v) is 12.7. The summed E-state index contributed by atoms with van der Waals surface area (Å²) in [6, 6.07) is 12.7. The normalized spacial score (nSPS) is 10.4. The molecule has 0 amide bonds. The van der Waals surface area contributed by atoms with E-state index in [1.54, 1.807) is 12.1 Å². The second kappa shape index (κ2) is 6.34. The second-order valence-electron chi connectivity index (χ2n) is 3.81. The molecule has 0 saturated heterocycles. The van der Waals surface area contributed by atoms with Gasteiger partial charge in [0.25, 0.3) is 0 Å². The summed E-state index contributed by atoms with van der Waals surface area (Å²) < 4.78 is 19.1. The Hall–Kier alpha value is -0.870. The molecule has 18 heavy (non-hydrogen) atoms. The van der Waals surface area contributed by atoms with Crippen LogP contribution in [-0.4, -0.2) is 0 Å². The lowest BCUT2D eigenvalue weighted by molar-refractivity contribution is 0.306. The minimum atomic E-state index is -0.263. The van der Waals surface area contributed by atoms with Gasteiger partial charge in [0.2, 0.25) is 0 Å². The summed E-state index contributed by atoms with van der Waals surface area (Å²) in [5, 5.41) is 0.832. The lowest BCUT2D eigenvalue weighted by Gasteiger charge is -2.07. The van der Waals surface area contributed by atoms with Crippen molar-refractivity contribution in [1.82, 2.24) is 0 Å². The molecule has 94 valence electrons. The Morgan fingerprint density at radius 3 is 2.28 bits per heavy atom. The first kappa shape index (κ1) is 13.6. The van der Waals surface area contributed by atoms with Gasteiger partial charge in [0.1, 0.15) is 18.2 Å². The van der Waals surface area contributed by atoms with Crippen molar-refractivity contribution in [2.75, 3.05) is 0 Å². The van der Waals surface area contributed by atoms with Gasteiger partial charge in [-0.1, -0.05) is 34.1 Å². The van der Waals surface area contributed by atoms with Crippen LogP contribution in [-0.2, 0) is 11.9 Å². The van der Waals surface area contributed by atoms with Crippen LogP contribution >= 0.6 is 31.9 Å². The third-order valence-corrected chi connectivity index (χ3v) is 3.72. The lowest BCUT2D eigenvalue weighted by Crippen LogP contribution is -1.96. The fourth-order valence-electron chi connectivity index (χ4n) is 1.47. The Balaban J connectivity index is 1.99. The van der Waals surface area contributed by atoms with E-state index in [4.69, 9.17) is 4.74 Å². The van der Waals surface area contributed by atoms with Crippen molar-refractivity contribution in [3.8, 4) is 5.75 Å². The molecular formula is C14H11Br2FO. The van der Waals surface area contributed by atoms with Gasteiger partial charge in [0, 0.05) is 5.33 Å². The molecule has 0 atom stereocenters. The van der Waals surface area contributed by atoms with E-state index < -0.39 is 0 Å². The maximum atomic E-state index is 13.1. The van der Waals surface area contributed by atoms with Crippen molar-refractivity contribution in [2.24, 2.45) is 0 Å². The van der Waals surface area contributed by atoms with Crippen LogP contribution in [0.25, 0.3) is 0 Å². The number of hydrogen-bond acceptors (Lipinski definition) is 1. The van der Waals surface area contributed by atoms with Crippen molar-refractivity contribution in [1.29, 1.82) is 0 Å². The summed E-state index contributed by atoms with van der Waals surface area (Å²) in [4.78, 5) is 0. The summed E-state index contributed by atoms with van der Waals surface area (Å²) in [6.45, 7) is 0.423. The molecule has 2 aromatic rings. The van der Waals surface area contributed by atoms with E-state index in [-0.39, 0.29) is 5.82 Å². The highest BCUT2D eigenvalue weighted by atomic mass is 79.9. The van der Waals surface area contributed by atoms with Crippen LogP contribution in [0.4, 0.5) is 4.39 Å². The molecule has 0 saturated carbocycles. The standard InChI is InChI=1S/C14H11Br2FO/c15-8-10-1-4-12(5-2-10)18-9-11-3-6-14(17)13(16)7-11/h1-7H,8-9H2. The molecular weight excluding hydrogens is 363 g/mol. The van der Waals surface area contributed by atoms with Gasteiger partial charge < -0.3 is 4.74 Å². The summed E-state index contributed by atoms with van der Waals surface area (Å²) in [5.74, 6) is 0.542. The van der Waals surface area contributed by atoms with E-state index in [0.29, 0.717) is 11.1 Å². The van der Waals surface area contributed by atoms with Crippen LogP contribution in [0.2, 0.25) is 0 Å². The van der Waals surface area contributed by atoms with Crippen molar-refractivity contribution in [3.63, 3.8) is 0 Å². The molecule has 0 bridgehead atoms. The van der Waals surface area contributed by atoms with Gasteiger partial charge in [-0.05, 0) is 51.3 Å². The van der Waals surface area contributed by atoms with E-state index in [1.165, 1.54) is 11.6 Å². The zero-order chi connectivity index (χ0) is 13.0. The maximum Gasteiger partial charge on any atom is 0.137 e. The van der Waals surface area contributed by atoms with Gasteiger partial charge in [-0.25, -0.2) is 4.39 Å². The molecule has 0 aliphatic carbocycles. The highest BCUT2D eigenvalue weighted by Crippen LogP contribution is 2.19. The monoisotopic (exact) mass is 372 g/mol. The van der Waals surface area contributed by atoms with Gasteiger partial charge in [-0.3, -0.25) is 0 Å². The topological polar surface area (TPSA) is 9.23 Å². The number of benzene rings is 2. The van der Waals surface area contributed by atoms with Crippen LogP contribution in [0.1, 0.15) is 11.1 Å². The lowest BCUT2D eigenvalue weighted by atomic mass is 10.2. The summed E-state index contributed by atoms with van der Waals surface area (Å²) in [5.41, 5.74) is 2.12. The molecule has 4 heteroatoms. The Kier molecular flexibility index (Phi) is 4.78. The average Bonchev–Trinajstić information content (AvgIpc) is 2.41. The smallest absolute Gasteiger partial charge is 0.137 e. The maximum absolute atomic E-state index is 13.1. The van der Waals surface area contributed by atoms with E-state index in [2.05, 4.69) is 31.9 Å². The van der Waals surface area contributed by atoms with Gasteiger partial charge in [-0.2, -0.15) is 0 Å². The number of alkyl halides is 1. The van der Waals surface area contributed by atoms with Crippen LogP contribution < -0.4 is 4.74 Å². The van der Waals surface area contributed by atoms with Gasteiger partial charge >= 0.3 is 0 Å². The molecule has 0 heterocycles. The van der Waals surface area contributed by atoms with Crippen LogP contribution in [0.15, 0.2) is 46.9 Å². The predicted octanol–water partition coefficient (Wildman–Crippen LogP) is 5.06. The highest BCUT2D eigenvalue weighted by molar-refractivity contribution is 9.10. The minimum absolute atomic E-state index is 0.263. The van der Waals surface area contributed by atoms with E-state index in [0.717, 1.165) is 16.6 Å². The average molecular weight is 374 g/mol. The molecule has 0 spiro atoms. The van der Waals surface area contributed by atoms with Crippen molar-refractivity contribution >= 4 is 31.9 Å². The molecule has 2 aromatic carbocycles. The Morgan fingerprint density at radius 1 is 1.00 bits per heavy atom. The van der Waals surface area contributed by atoms with E-state index in [9.17, 15) is 4.39 Å². The van der Waals surface area contributed by atoms with Crippen LogP contribution in [0.5, 0.6) is 5.75 Å². The summed E-state index contributed by atoms with van der Waals surface area (Å²) >= 11 is 6.55. The molecule has 0 unspecified atom stereocenters. The Morgan fingerprint density at radius 2 is 1.67 bits per heavy atom. The van der Waals surface area contributed by atoms with Gasteiger partial charge in [-0.15, -0.1) is 0 Å². The number of ether oxygens (including phenoxy) is 1. The molecule has 0 N–H and O–H groups in total. The SMILES string of the molecule is Fc1ccc(COc2ccc(CBr)cc2)cc1Br. The molecule has 0 aliphatic heterocycles. The third-order valence-electron chi connectivity index (χ3n) is 2.47. The third kappa shape index (κ3) is 3.56. The first-order valence-electron chi connectivity index (χ1n) is 5.40. The first-order valence-corrected chi connectivity index (χ1v) is 7.32. The first-order chi connectivity index (χ1) is 8.69. The molecule has 1 nitrogen and oxygen atoms in total. The number of rotatable bonds is 4. The molecule has 0 fully saturated rings. The quantitative estimate of drug-likeness (QED) is 0.680. The Bertz CT molecular complexity index is 526. The summed E-state index contributed by atoms with van der Waals surface area (Å²) in [6.07, 6.45) is 0. The molecule has 0 aromatic heterocycles. The van der Waals surface area contributed by atoms with Crippen molar-refractivity contribution in [2.45, 2.75) is 11.9 Å². The fourth-order valence-corrected chi connectivity index (χ4v) is 2.27. The van der Waals surface area contributed by atoms with Crippen LogP contribution in [0, 0.1) is 5.82 Å². The predicted molar refractivity (Wildman–Crippen MR) is 77.5 cm³/mol. The van der Waals surface area contributed by atoms with Crippen LogP contribution in [0.3, 0.4) is 0 Å². The second-order valence-corrected chi connectivity index (χ2v) is 5.23. The van der Waals surface area contributed by atoms with E-state index in [1.807, 2.05) is 24.3 Å². The fraction of sp³-hybridized carbons (Fsp3) is 0.143. The van der Waals surface area contributed by atoms with Crippen molar-refractivity contribution < 1.29 is 9.13 Å². The number of halogens is 3. The summed E-state index contributed by atoms with van der Waals surface area (Å²) in [7, 11) is 0.